The molecule has 2 fully saturated rings. The minimum atomic E-state index is -0.583. The first-order valence-corrected chi connectivity index (χ1v) is 12.7. The van der Waals surface area contributed by atoms with Crippen LogP contribution in [-0.4, -0.2) is 54.2 Å². The molecule has 2 aliphatic heterocycles. The predicted octanol–water partition coefficient (Wildman–Crippen LogP) is 4.23. The molecule has 2 atom stereocenters. The summed E-state index contributed by atoms with van der Waals surface area (Å²) in [6.45, 7) is 2.64. The molecule has 2 saturated heterocycles. The Bertz CT molecular complexity index is 1280. The Hall–Kier alpha value is -3.25. The average Bonchev–Trinajstić information content (AvgIpc) is 3.50. The fourth-order valence-electron chi connectivity index (χ4n) is 4.85. The number of aliphatic hydroxyl groups is 1. The molecule has 3 aromatic rings. The first-order valence-electron chi connectivity index (χ1n) is 11.8. The van der Waals surface area contributed by atoms with E-state index in [1.807, 2.05) is 36.4 Å². The maximum Gasteiger partial charge on any atom is 0.264 e. The van der Waals surface area contributed by atoms with Gasteiger partial charge in [-0.05, 0) is 60.7 Å². The molecule has 0 bridgehead atoms. The lowest BCUT2D eigenvalue weighted by molar-refractivity contribution is 0.0713. The molecule has 3 heterocycles. The van der Waals surface area contributed by atoms with Gasteiger partial charge in [-0.2, -0.15) is 5.26 Å². The highest BCUT2D eigenvalue weighted by molar-refractivity contribution is 7.18. The van der Waals surface area contributed by atoms with E-state index in [2.05, 4.69) is 4.90 Å². The number of halogens is 1. The molecule has 0 saturated carbocycles. The second-order valence-electron chi connectivity index (χ2n) is 9.25. The number of rotatable bonds is 4. The largest absolute Gasteiger partial charge is 0.391 e. The number of carbonyl (C=O) groups is 1. The van der Waals surface area contributed by atoms with E-state index in [9.17, 15) is 14.3 Å². The Labute approximate surface area is 208 Å². The monoisotopic (exact) mass is 490 g/mol. The number of hydrogen-bond donors (Lipinski definition) is 2. The Morgan fingerprint density at radius 1 is 1.09 bits per heavy atom. The van der Waals surface area contributed by atoms with Crippen molar-refractivity contribution in [3.8, 4) is 27.6 Å². The molecular formula is C27H27FN4O2S. The number of aliphatic hydroxyl groups excluding tert-OH is 1. The van der Waals surface area contributed by atoms with Crippen LogP contribution < -0.4 is 10.6 Å². The Morgan fingerprint density at radius 2 is 1.86 bits per heavy atom. The lowest BCUT2D eigenvalue weighted by atomic mass is 10.0. The first-order chi connectivity index (χ1) is 16.9. The van der Waals surface area contributed by atoms with Crippen LogP contribution in [0.5, 0.6) is 0 Å². The summed E-state index contributed by atoms with van der Waals surface area (Å²) in [4.78, 5) is 18.7. The van der Waals surface area contributed by atoms with Crippen LogP contribution in [0.15, 0.2) is 48.5 Å². The van der Waals surface area contributed by atoms with Gasteiger partial charge in [0.1, 0.15) is 11.9 Å². The fraction of sp³-hybridized carbons (Fsp3) is 0.333. The number of benzene rings is 2. The minimum Gasteiger partial charge on any atom is -0.391 e. The van der Waals surface area contributed by atoms with Crippen molar-refractivity contribution in [2.75, 3.05) is 31.1 Å². The molecule has 180 valence electrons. The number of piperidine rings is 1. The normalized spacial score (nSPS) is 20.2. The third-order valence-electron chi connectivity index (χ3n) is 6.75. The highest BCUT2D eigenvalue weighted by atomic mass is 32.1. The van der Waals surface area contributed by atoms with Crippen molar-refractivity contribution in [1.82, 2.24) is 4.90 Å². The van der Waals surface area contributed by atoms with Crippen molar-refractivity contribution in [1.29, 1.82) is 5.26 Å². The van der Waals surface area contributed by atoms with Crippen LogP contribution in [0.4, 0.5) is 10.1 Å². The van der Waals surface area contributed by atoms with Crippen LogP contribution in [0.25, 0.3) is 21.6 Å². The minimum absolute atomic E-state index is 0.0127. The summed E-state index contributed by atoms with van der Waals surface area (Å²) in [7, 11) is 0. The molecule has 6 nitrogen and oxygen atoms in total. The number of β-amino-alcohol motifs (C(OH)–C–C–N with tert-alkyl or cyclic N) is 1. The summed E-state index contributed by atoms with van der Waals surface area (Å²) in [6.07, 6.45) is 2.25. The van der Waals surface area contributed by atoms with Gasteiger partial charge < -0.3 is 20.6 Å². The lowest BCUT2D eigenvalue weighted by Gasteiger charge is -2.30. The third kappa shape index (κ3) is 4.80. The van der Waals surface area contributed by atoms with E-state index in [1.54, 1.807) is 11.0 Å². The maximum absolute atomic E-state index is 14.5. The van der Waals surface area contributed by atoms with Crippen molar-refractivity contribution in [2.45, 2.75) is 31.4 Å². The molecule has 35 heavy (non-hydrogen) atoms. The SMILES string of the molecule is N#Cc1ccc(-c2cc(C(=O)N3CCCC(N)C3)sc2-c2ccc(N3CCC(O)C3)cc2)cc1F. The van der Waals surface area contributed by atoms with E-state index < -0.39 is 5.82 Å². The molecule has 5 rings (SSSR count). The molecule has 2 aliphatic rings. The van der Waals surface area contributed by atoms with Gasteiger partial charge in [0.25, 0.3) is 5.91 Å². The number of amides is 1. The van der Waals surface area contributed by atoms with E-state index in [1.165, 1.54) is 23.5 Å². The van der Waals surface area contributed by atoms with Gasteiger partial charge >= 0.3 is 0 Å². The fourth-order valence-corrected chi connectivity index (χ4v) is 6.00. The summed E-state index contributed by atoms with van der Waals surface area (Å²) in [5.41, 5.74) is 9.42. The molecule has 0 spiro atoms. The second kappa shape index (κ2) is 9.78. The highest BCUT2D eigenvalue weighted by Gasteiger charge is 2.26. The van der Waals surface area contributed by atoms with Crippen LogP contribution in [0.3, 0.4) is 0 Å². The molecule has 1 aromatic heterocycles. The maximum atomic E-state index is 14.5. The Kier molecular flexibility index (Phi) is 6.56. The van der Waals surface area contributed by atoms with Gasteiger partial charge in [0.05, 0.1) is 16.5 Å². The summed E-state index contributed by atoms with van der Waals surface area (Å²) in [5.74, 6) is -0.644. The lowest BCUT2D eigenvalue weighted by Crippen LogP contribution is -2.45. The van der Waals surface area contributed by atoms with Crippen LogP contribution in [0, 0.1) is 17.1 Å². The van der Waals surface area contributed by atoms with Crippen molar-refractivity contribution >= 4 is 22.9 Å². The quantitative estimate of drug-likeness (QED) is 0.571. The number of nitriles is 1. The van der Waals surface area contributed by atoms with Crippen molar-refractivity contribution in [3.05, 3.63) is 64.8 Å². The Morgan fingerprint density at radius 3 is 2.51 bits per heavy atom. The van der Waals surface area contributed by atoms with Crippen molar-refractivity contribution in [3.63, 3.8) is 0 Å². The number of anilines is 1. The van der Waals surface area contributed by atoms with E-state index in [4.69, 9.17) is 11.0 Å². The van der Waals surface area contributed by atoms with Gasteiger partial charge in [-0.1, -0.05) is 18.2 Å². The van der Waals surface area contributed by atoms with Crippen LogP contribution in [-0.2, 0) is 0 Å². The molecule has 0 radical (unpaired) electrons. The van der Waals surface area contributed by atoms with E-state index in [-0.39, 0.29) is 23.6 Å². The summed E-state index contributed by atoms with van der Waals surface area (Å²) in [5, 5.41) is 19.0. The summed E-state index contributed by atoms with van der Waals surface area (Å²) < 4.78 is 14.5. The van der Waals surface area contributed by atoms with Gasteiger partial charge in [0.2, 0.25) is 0 Å². The zero-order chi connectivity index (χ0) is 24.5. The number of likely N-dealkylation sites (tertiary alicyclic amines) is 1. The van der Waals surface area contributed by atoms with Crippen molar-refractivity contribution in [2.24, 2.45) is 5.73 Å². The molecule has 2 aromatic carbocycles. The predicted molar refractivity (Wildman–Crippen MR) is 136 cm³/mol. The number of thiophene rings is 1. The topological polar surface area (TPSA) is 93.6 Å². The summed E-state index contributed by atoms with van der Waals surface area (Å²) in [6, 6.07) is 16.2. The van der Waals surface area contributed by atoms with Crippen LogP contribution in [0.1, 0.15) is 34.5 Å². The van der Waals surface area contributed by atoms with Gasteiger partial charge in [-0.3, -0.25) is 4.79 Å². The number of carbonyl (C=O) groups excluding carboxylic acids is 1. The van der Waals surface area contributed by atoms with Gasteiger partial charge in [0, 0.05) is 48.3 Å². The van der Waals surface area contributed by atoms with E-state index in [0.717, 1.165) is 47.5 Å². The second-order valence-corrected chi connectivity index (χ2v) is 10.3. The molecule has 1 amide bonds. The molecule has 2 unspecified atom stereocenters. The van der Waals surface area contributed by atoms with Crippen LogP contribution >= 0.6 is 11.3 Å². The number of nitrogens with two attached hydrogens (primary N) is 1. The van der Waals surface area contributed by atoms with E-state index in [0.29, 0.717) is 30.1 Å². The molecular weight excluding hydrogens is 463 g/mol. The molecule has 0 aliphatic carbocycles. The smallest absolute Gasteiger partial charge is 0.264 e. The zero-order valence-electron chi connectivity index (χ0n) is 19.3. The third-order valence-corrected chi connectivity index (χ3v) is 7.92. The molecule has 8 heteroatoms. The summed E-state index contributed by atoms with van der Waals surface area (Å²) >= 11 is 1.39. The van der Waals surface area contributed by atoms with E-state index >= 15 is 0 Å². The average molecular weight is 491 g/mol. The Balaban J connectivity index is 1.53. The molecule has 3 N–H and O–H groups in total. The highest BCUT2D eigenvalue weighted by Crippen LogP contribution is 2.41. The van der Waals surface area contributed by atoms with Gasteiger partial charge in [-0.25, -0.2) is 4.39 Å². The standard InChI is InChI=1S/C27H27FN4O2S/c28-24-12-18(3-4-19(24)14-29)23-13-25(27(34)32-10-1-2-20(30)15-32)35-26(23)17-5-7-21(8-6-17)31-11-9-22(33)16-31/h3-8,12-13,20,22,33H,1-2,9-11,15-16,30H2. The van der Waals surface area contributed by atoms with Gasteiger partial charge in [0.15, 0.2) is 0 Å². The van der Waals surface area contributed by atoms with Gasteiger partial charge in [-0.15, -0.1) is 11.3 Å². The number of nitrogens with zero attached hydrogens (tertiary/aromatic N) is 3. The zero-order valence-corrected chi connectivity index (χ0v) is 20.1. The van der Waals surface area contributed by atoms with Crippen molar-refractivity contribution < 1.29 is 14.3 Å². The van der Waals surface area contributed by atoms with Crippen LogP contribution in [0.2, 0.25) is 0 Å². The number of hydrogen-bond acceptors (Lipinski definition) is 6. The first kappa shape index (κ1) is 23.5.